The van der Waals surface area contributed by atoms with Gasteiger partial charge < -0.3 is 25.8 Å². The van der Waals surface area contributed by atoms with E-state index in [1.54, 1.807) is 51.5 Å². The maximum Gasteiger partial charge on any atom is 0.321 e. The molecule has 2 aromatic carbocycles. The van der Waals surface area contributed by atoms with Crippen LogP contribution in [-0.2, 0) is 18.3 Å². The van der Waals surface area contributed by atoms with Crippen molar-refractivity contribution in [3.63, 3.8) is 0 Å². The number of carbonyl (C=O) groups is 1. The van der Waals surface area contributed by atoms with Crippen LogP contribution in [0.15, 0.2) is 65.6 Å². The van der Waals surface area contributed by atoms with Crippen molar-refractivity contribution in [3.8, 4) is 16.9 Å². The molecule has 0 bridgehead atoms. The normalized spacial score (nSPS) is 11.6. The Hall–Kier alpha value is -4.01. The third-order valence-corrected chi connectivity index (χ3v) is 5.14. The van der Waals surface area contributed by atoms with E-state index in [4.69, 9.17) is 15.9 Å². The Kier molecular flexibility index (Phi) is 9.27. The average molecular weight is 485 g/mol. The van der Waals surface area contributed by atoms with Gasteiger partial charge in [-0.1, -0.05) is 18.2 Å². The number of pyridine rings is 1. The lowest BCUT2D eigenvalue weighted by Gasteiger charge is -2.17. The number of hydrogen-bond donors (Lipinski definition) is 3. The molecule has 0 unspecified atom stereocenters. The molecule has 1 aromatic heterocycles. The van der Waals surface area contributed by atoms with Crippen LogP contribution in [0.1, 0.15) is 25.0 Å². The molecule has 0 aliphatic carbocycles. The highest BCUT2D eigenvalue weighted by Crippen LogP contribution is 2.22. The molecular weight excluding hydrogens is 454 g/mol. The maximum atomic E-state index is 12.7. The zero-order valence-corrected chi connectivity index (χ0v) is 20.1. The topological polar surface area (TPSA) is 110 Å². The van der Waals surface area contributed by atoms with Crippen LogP contribution in [0.2, 0.25) is 0 Å². The molecule has 186 valence electrons. The molecule has 0 saturated carbocycles. The minimum Gasteiger partial charge on any atom is -0.497 e. The predicted molar refractivity (Wildman–Crippen MR) is 134 cm³/mol. The Bertz CT molecular complexity index is 1220. The first-order valence-corrected chi connectivity index (χ1v) is 10.8. The highest BCUT2D eigenvalue weighted by molar-refractivity contribution is 5.87. The summed E-state index contributed by atoms with van der Waals surface area (Å²) < 4.78 is 31.9. The second-order valence-corrected chi connectivity index (χ2v) is 8.17. The minimum absolute atomic E-state index is 0.0449. The average Bonchev–Trinajstić information content (AvgIpc) is 2.81. The Balaban J connectivity index is 0.000000247. The molecule has 7 nitrogen and oxygen atoms in total. The Morgan fingerprint density at radius 3 is 2.34 bits per heavy atom. The second-order valence-electron chi connectivity index (χ2n) is 8.17. The quantitative estimate of drug-likeness (QED) is 0.347. The van der Waals surface area contributed by atoms with Crippen molar-refractivity contribution < 1.29 is 18.3 Å². The number of methoxy groups -OCH3 is 1. The highest BCUT2D eigenvalue weighted by Gasteiger charge is 2.32. The van der Waals surface area contributed by atoms with Crippen LogP contribution in [0.4, 0.5) is 14.5 Å². The maximum absolute atomic E-state index is 12.7. The van der Waals surface area contributed by atoms with Gasteiger partial charge >= 0.3 is 5.92 Å². The number of amides is 1. The lowest BCUT2D eigenvalue weighted by Crippen LogP contribution is -2.43. The van der Waals surface area contributed by atoms with Crippen molar-refractivity contribution >= 4 is 17.8 Å². The number of nitrogens with two attached hydrogens (primary N) is 1. The molecule has 9 heteroatoms. The van der Waals surface area contributed by atoms with Gasteiger partial charge in [-0.05, 0) is 60.4 Å². The van der Waals surface area contributed by atoms with Crippen LogP contribution in [0, 0.1) is 5.41 Å². The lowest BCUT2D eigenvalue weighted by molar-refractivity contribution is -0.143. The summed E-state index contributed by atoms with van der Waals surface area (Å²) in [4.78, 5) is 22.4. The van der Waals surface area contributed by atoms with Gasteiger partial charge in [0.25, 0.3) is 5.91 Å². The SMILES string of the molecule is COc1ccc(C[C@@H](C)NC(=O)C(C)(F)F)cc1.Cn1cc(-c2ccc(N)c(C=N)c2)ccc1=O. The summed E-state index contributed by atoms with van der Waals surface area (Å²) in [6.45, 7) is 2.27. The third kappa shape index (κ3) is 8.06. The smallest absolute Gasteiger partial charge is 0.321 e. The summed E-state index contributed by atoms with van der Waals surface area (Å²) in [5.41, 5.74) is 9.75. The Morgan fingerprint density at radius 2 is 1.80 bits per heavy atom. The zero-order chi connectivity index (χ0) is 26.2. The first kappa shape index (κ1) is 27.2. The van der Waals surface area contributed by atoms with Crippen LogP contribution in [0.25, 0.3) is 11.1 Å². The van der Waals surface area contributed by atoms with Crippen molar-refractivity contribution in [2.45, 2.75) is 32.2 Å². The number of halogens is 2. The second kappa shape index (κ2) is 11.9. The number of benzene rings is 2. The number of nitrogen functional groups attached to an aromatic ring is 1. The van der Waals surface area contributed by atoms with Crippen LogP contribution >= 0.6 is 0 Å². The molecule has 0 aliphatic rings. The molecular formula is C26H30F2N4O3. The number of alkyl halides is 2. The van der Waals surface area contributed by atoms with E-state index in [1.807, 2.05) is 24.3 Å². The number of anilines is 1. The number of hydrogen-bond acceptors (Lipinski definition) is 5. The van der Waals surface area contributed by atoms with Crippen LogP contribution in [0.5, 0.6) is 5.75 Å². The van der Waals surface area contributed by atoms with E-state index in [0.29, 0.717) is 24.6 Å². The number of ether oxygens (including phenoxy) is 1. The van der Waals surface area contributed by atoms with E-state index in [2.05, 4.69) is 5.32 Å². The summed E-state index contributed by atoms with van der Waals surface area (Å²) in [5, 5.41) is 9.54. The van der Waals surface area contributed by atoms with E-state index >= 15 is 0 Å². The largest absolute Gasteiger partial charge is 0.497 e. The van der Waals surface area contributed by atoms with Crippen molar-refractivity contribution in [2.75, 3.05) is 12.8 Å². The summed E-state index contributed by atoms with van der Waals surface area (Å²) in [6, 6.07) is 15.7. The van der Waals surface area contributed by atoms with Crippen molar-refractivity contribution in [3.05, 3.63) is 82.3 Å². The molecule has 1 heterocycles. The zero-order valence-electron chi connectivity index (χ0n) is 20.1. The molecule has 4 N–H and O–H groups in total. The Morgan fingerprint density at radius 1 is 1.17 bits per heavy atom. The van der Waals surface area contributed by atoms with E-state index in [-0.39, 0.29) is 11.6 Å². The first-order valence-electron chi connectivity index (χ1n) is 10.8. The molecule has 0 radical (unpaired) electrons. The van der Waals surface area contributed by atoms with E-state index in [0.717, 1.165) is 22.4 Å². The fraction of sp³-hybridized carbons (Fsp3) is 0.269. The fourth-order valence-electron chi connectivity index (χ4n) is 3.16. The number of nitrogens with one attached hydrogen (secondary N) is 2. The molecule has 3 aromatic rings. The van der Waals surface area contributed by atoms with Crippen LogP contribution in [0.3, 0.4) is 0 Å². The standard InChI is InChI=1S/C13H17F2NO2.C13H13N3O/c1-9(16-12(17)13(2,14)15)8-10-4-6-11(18-3)7-5-10;1-16-8-10(3-5-13(16)17)9-2-4-12(15)11(6-9)7-14/h4-7,9H,8H2,1-3H3,(H,16,17);2-8,14H,15H2,1H3/t9-;/m1./s1. The summed E-state index contributed by atoms with van der Waals surface area (Å²) >= 11 is 0. The van der Waals surface area contributed by atoms with E-state index in [9.17, 15) is 18.4 Å². The lowest BCUT2D eigenvalue weighted by atomic mass is 10.0. The molecule has 0 saturated heterocycles. The fourth-order valence-corrected chi connectivity index (χ4v) is 3.16. The highest BCUT2D eigenvalue weighted by atomic mass is 19.3. The minimum atomic E-state index is -3.34. The molecule has 1 atom stereocenters. The van der Waals surface area contributed by atoms with E-state index in [1.165, 1.54) is 16.8 Å². The van der Waals surface area contributed by atoms with Gasteiger partial charge in [0.05, 0.1) is 7.11 Å². The third-order valence-electron chi connectivity index (χ3n) is 5.14. The number of carbonyl (C=O) groups excluding carboxylic acids is 1. The van der Waals surface area contributed by atoms with Crippen LogP contribution in [-0.4, -0.2) is 35.8 Å². The number of aryl methyl sites for hydroxylation is 1. The number of rotatable bonds is 7. The van der Waals surface area contributed by atoms with Gasteiger partial charge in [-0.25, -0.2) is 0 Å². The van der Waals surface area contributed by atoms with Crippen molar-refractivity contribution in [1.29, 1.82) is 5.41 Å². The van der Waals surface area contributed by atoms with Gasteiger partial charge in [-0.15, -0.1) is 0 Å². The molecule has 1 amide bonds. The summed E-state index contributed by atoms with van der Waals surface area (Å²) in [5.74, 6) is -3.85. The summed E-state index contributed by atoms with van der Waals surface area (Å²) in [7, 11) is 3.28. The van der Waals surface area contributed by atoms with E-state index < -0.39 is 11.8 Å². The van der Waals surface area contributed by atoms with Gasteiger partial charge in [0, 0.05) is 49.7 Å². The molecule has 0 aliphatic heterocycles. The van der Waals surface area contributed by atoms with Gasteiger partial charge in [-0.2, -0.15) is 8.78 Å². The number of nitrogens with zero attached hydrogens (tertiary/aromatic N) is 1. The molecule has 35 heavy (non-hydrogen) atoms. The predicted octanol–water partition coefficient (Wildman–Crippen LogP) is 4.03. The van der Waals surface area contributed by atoms with Gasteiger partial charge in [0.2, 0.25) is 5.56 Å². The van der Waals surface area contributed by atoms with Crippen molar-refractivity contribution in [1.82, 2.24) is 9.88 Å². The van der Waals surface area contributed by atoms with Gasteiger partial charge in [0.1, 0.15) is 5.75 Å². The molecule has 0 fully saturated rings. The van der Waals surface area contributed by atoms with Crippen LogP contribution < -0.4 is 21.3 Å². The molecule has 3 rings (SSSR count). The monoisotopic (exact) mass is 484 g/mol. The number of aromatic nitrogens is 1. The Labute approximate surface area is 203 Å². The summed E-state index contributed by atoms with van der Waals surface area (Å²) in [6.07, 6.45) is 3.48. The van der Waals surface area contributed by atoms with Gasteiger partial charge in [0.15, 0.2) is 0 Å². The first-order chi connectivity index (χ1) is 16.4. The van der Waals surface area contributed by atoms with Gasteiger partial charge in [-0.3, -0.25) is 9.59 Å². The van der Waals surface area contributed by atoms with Crippen molar-refractivity contribution in [2.24, 2.45) is 7.05 Å². The molecule has 0 spiro atoms.